The smallest absolute Gasteiger partial charge is 0.416 e. The number of nitrogens with two attached hydrogens (primary N) is 1. The van der Waals surface area contributed by atoms with Crippen molar-refractivity contribution in [3.8, 4) is 0 Å². The maximum absolute atomic E-state index is 12.6. The summed E-state index contributed by atoms with van der Waals surface area (Å²) < 4.78 is 42.3. The van der Waals surface area contributed by atoms with Crippen LogP contribution in [0.15, 0.2) is 24.4 Å². The van der Waals surface area contributed by atoms with Crippen molar-refractivity contribution in [2.45, 2.75) is 18.6 Å². The molecule has 1 atom stereocenters. The summed E-state index contributed by atoms with van der Waals surface area (Å²) in [7, 11) is 1.23. The summed E-state index contributed by atoms with van der Waals surface area (Å²) in [5, 5.41) is 0.609. The van der Waals surface area contributed by atoms with Gasteiger partial charge in [0, 0.05) is 23.5 Å². The van der Waals surface area contributed by atoms with Gasteiger partial charge in [0.2, 0.25) is 0 Å². The molecule has 2 aromatic rings. The summed E-state index contributed by atoms with van der Waals surface area (Å²) in [5.74, 6) is -0.564. The fourth-order valence-corrected chi connectivity index (χ4v) is 2.00. The molecule has 0 spiro atoms. The van der Waals surface area contributed by atoms with Crippen LogP contribution < -0.4 is 5.73 Å². The fourth-order valence-electron chi connectivity index (χ4n) is 2.00. The van der Waals surface area contributed by atoms with Gasteiger partial charge in [-0.3, -0.25) is 4.79 Å². The predicted octanol–water partition coefficient (Wildman–Crippen LogP) is 2.65. The molecule has 0 aliphatic heterocycles. The first-order valence-electron chi connectivity index (χ1n) is 5.83. The topological polar surface area (TPSA) is 68.1 Å². The molecule has 1 aromatic heterocycles. The molecule has 0 fully saturated rings. The van der Waals surface area contributed by atoms with Crippen LogP contribution in [0, 0.1) is 0 Å². The number of methoxy groups -OCH3 is 1. The third-order valence-electron chi connectivity index (χ3n) is 3.04. The molecule has 0 aliphatic rings. The van der Waals surface area contributed by atoms with E-state index < -0.39 is 23.8 Å². The summed E-state index contributed by atoms with van der Waals surface area (Å²) in [6.07, 6.45) is -2.65. The van der Waals surface area contributed by atoms with E-state index in [0.29, 0.717) is 16.5 Å². The molecule has 1 heterocycles. The number of alkyl halides is 3. The normalized spacial score (nSPS) is 12.8. The van der Waals surface area contributed by atoms with Gasteiger partial charge in [0.25, 0.3) is 0 Å². The Morgan fingerprint density at radius 1 is 1.43 bits per heavy atom. The van der Waals surface area contributed by atoms with Gasteiger partial charge >= 0.3 is 12.1 Å². The molecule has 1 unspecified atom stereocenters. The Labute approximate surface area is 124 Å². The highest BCUT2D eigenvalue weighted by atomic mass is 35.5. The number of benzene rings is 1. The molecule has 4 nitrogen and oxygen atoms in total. The van der Waals surface area contributed by atoms with Crippen LogP contribution in [0.5, 0.6) is 0 Å². The van der Waals surface area contributed by atoms with E-state index >= 15 is 0 Å². The number of hydrogen-bond donors (Lipinski definition) is 2. The second kappa shape index (κ2) is 6.36. The first kappa shape index (κ1) is 17.3. The third kappa shape index (κ3) is 3.68. The van der Waals surface area contributed by atoms with Crippen molar-refractivity contribution in [2.75, 3.05) is 7.11 Å². The van der Waals surface area contributed by atoms with Gasteiger partial charge in [-0.1, -0.05) is 6.07 Å². The molecular weight excluding hydrogens is 309 g/mol. The number of fused-ring (bicyclic) bond motifs is 1. The van der Waals surface area contributed by atoms with Gasteiger partial charge in [-0.05, 0) is 17.7 Å². The van der Waals surface area contributed by atoms with Crippen LogP contribution in [0.3, 0.4) is 0 Å². The minimum atomic E-state index is -4.39. The lowest BCUT2D eigenvalue weighted by Gasteiger charge is -2.09. The molecule has 116 valence electrons. The van der Waals surface area contributed by atoms with Gasteiger partial charge in [0.15, 0.2) is 0 Å². The lowest BCUT2D eigenvalue weighted by molar-refractivity contribution is -0.142. The number of aromatic nitrogens is 1. The lowest BCUT2D eigenvalue weighted by atomic mass is 10.0. The first-order valence-corrected chi connectivity index (χ1v) is 5.83. The predicted molar refractivity (Wildman–Crippen MR) is 74.2 cm³/mol. The minimum Gasteiger partial charge on any atom is -0.468 e. The molecule has 0 bridgehead atoms. The van der Waals surface area contributed by atoms with Crippen molar-refractivity contribution in [2.24, 2.45) is 5.73 Å². The Hall–Kier alpha value is -1.73. The summed E-state index contributed by atoms with van der Waals surface area (Å²) in [5.41, 5.74) is 5.94. The fraction of sp³-hybridized carbons (Fsp3) is 0.308. The standard InChI is InChI=1S/C13H13F3N2O2.ClH/c1-20-12(19)10(17)4-7-6-18-11-5-8(13(14,15)16)2-3-9(7)11;/h2-3,5-6,10,18H,4,17H2,1H3;1H. The van der Waals surface area contributed by atoms with E-state index in [1.54, 1.807) is 6.20 Å². The maximum Gasteiger partial charge on any atom is 0.416 e. The summed E-state index contributed by atoms with van der Waals surface area (Å²) in [6, 6.07) is 2.56. The van der Waals surface area contributed by atoms with Crippen LogP contribution in [0.4, 0.5) is 13.2 Å². The Balaban J connectivity index is 0.00000220. The van der Waals surface area contributed by atoms with Gasteiger partial charge in [-0.15, -0.1) is 12.4 Å². The van der Waals surface area contributed by atoms with Crippen molar-refractivity contribution >= 4 is 29.3 Å². The van der Waals surface area contributed by atoms with Crippen molar-refractivity contribution in [1.29, 1.82) is 0 Å². The van der Waals surface area contributed by atoms with Crippen LogP contribution in [-0.4, -0.2) is 24.1 Å². The summed E-state index contributed by atoms with van der Waals surface area (Å²) in [6.45, 7) is 0. The Morgan fingerprint density at radius 3 is 2.67 bits per heavy atom. The van der Waals surface area contributed by atoms with Crippen molar-refractivity contribution in [3.05, 3.63) is 35.5 Å². The molecule has 0 saturated heterocycles. The van der Waals surface area contributed by atoms with E-state index in [1.807, 2.05) is 0 Å². The quantitative estimate of drug-likeness (QED) is 0.854. The number of halogens is 4. The largest absolute Gasteiger partial charge is 0.468 e. The van der Waals surface area contributed by atoms with Crippen molar-refractivity contribution in [3.63, 3.8) is 0 Å². The van der Waals surface area contributed by atoms with E-state index in [2.05, 4.69) is 9.72 Å². The molecular formula is C13H14ClF3N2O2. The Kier molecular flexibility index (Phi) is 5.25. The number of carbonyl (C=O) groups is 1. The number of rotatable bonds is 3. The molecule has 3 N–H and O–H groups in total. The number of esters is 1. The lowest BCUT2D eigenvalue weighted by Crippen LogP contribution is -2.33. The van der Waals surface area contributed by atoms with E-state index in [9.17, 15) is 18.0 Å². The van der Waals surface area contributed by atoms with Crippen molar-refractivity contribution in [1.82, 2.24) is 4.98 Å². The molecule has 8 heteroatoms. The van der Waals surface area contributed by atoms with Crippen LogP contribution >= 0.6 is 12.4 Å². The average Bonchev–Trinajstić information content (AvgIpc) is 2.79. The molecule has 0 amide bonds. The second-order valence-corrected chi connectivity index (χ2v) is 4.41. The van der Waals surface area contributed by atoms with Gasteiger partial charge in [-0.2, -0.15) is 13.2 Å². The van der Waals surface area contributed by atoms with Gasteiger partial charge in [0.05, 0.1) is 12.7 Å². The van der Waals surface area contributed by atoms with E-state index in [4.69, 9.17) is 5.73 Å². The molecule has 2 rings (SSSR count). The SMILES string of the molecule is COC(=O)C(N)Cc1c[nH]c2cc(C(F)(F)F)ccc12.Cl. The van der Waals surface area contributed by atoms with Crippen LogP contribution in [0.25, 0.3) is 10.9 Å². The molecule has 0 radical (unpaired) electrons. The highest BCUT2D eigenvalue weighted by molar-refractivity contribution is 5.85. The third-order valence-corrected chi connectivity index (χ3v) is 3.04. The monoisotopic (exact) mass is 322 g/mol. The minimum absolute atomic E-state index is 0. The van der Waals surface area contributed by atoms with E-state index in [-0.39, 0.29) is 18.8 Å². The molecule has 21 heavy (non-hydrogen) atoms. The maximum atomic E-state index is 12.6. The second-order valence-electron chi connectivity index (χ2n) is 4.41. The average molecular weight is 323 g/mol. The number of aromatic amines is 1. The highest BCUT2D eigenvalue weighted by Crippen LogP contribution is 2.32. The molecule has 0 aliphatic carbocycles. The zero-order valence-electron chi connectivity index (χ0n) is 11.0. The zero-order chi connectivity index (χ0) is 14.9. The summed E-state index contributed by atoms with van der Waals surface area (Å²) >= 11 is 0. The number of carbonyl (C=O) groups excluding carboxylic acids is 1. The molecule has 0 saturated carbocycles. The summed E-state index contributed by atoms with van der Waals surface area (Å²) in [4.78, 5) is 14.0. The van der Waals surface area contributed by atoms with Crippen molar-refractivity contribution < 1.29 is 22.7 Å². The first-order chi connectivity index (χ1) is 9.32. The van der Waals surface area contributed by atoms with Gasteiger partial charge in [-0.25, -0.2) is 0 Å². The highest BCUT2D eigenvalue weighted by Gasteiger charge is 2.30. The van der Waals surface area contributed by atoms with Crippen LogP contribution in [0.2, 0.25) is 0 Å². The number of ether oxygens (including phenoxy) is 1. The van der Waals surface area contributed by atoms with Crippen LogP contribution in [0.1, 0.15) is 11.1 Å². The Morgan fingerprint density at radius 2 is 2.10 bits per heavy atom. The zero-order valence-corrected chi connectivity index (χ0v) is 11.8. The molecule has 1 aromatic carbocycles. The van der Waals surface area contributed by atoms with E-state index in [0.717, 1.165) is 12.1 Å². The number of nitrogens with one attached hydrogen (secondary N) is 1. The van der Waals surface area contributed by atoms with Gasteiger partial charge in [0.1, 0.15) is 6.04 Å². The number of H-pyrrole nitrogens is 1. The Bertz CT molecular complexity index is 640. The van der Waals surface area contributed by atoms with Crippen LogP contribution in [-0.2, 0) is 22.1 Å². The number of hydrogen-bond acceptors (Lipinski definition) is 3. The van der Waals surface area contributed by atoms with E-state index in [1.165, 1.54) is 13.2 Å². The van der Waals surface area contributed by atoms with Gasteiger partial charge < -0.3 is 15.5 Å².